The fourth-order valence-corrected chi connectivity index (χ4v) is 0.354. The Balaban J connectivity index is 3.37. The van der Waals surface area contributed by atoms with E-state index in [9.17, 15) is 0 Å². The third-order valence-electron chi connectivity index (χ3n) is 0.767. The van der Waals surface area contributed by atoms with Crippen LogP contribution in [0.2, 0.25) is 0 Å². The van der Waals surface area contributed by atoms with Crippen molar-refractivity contribution in [2.45, 2.75) is 20.8 Å². The van der Waals surface area contributed by atoms with E-state index in [4.69, 9.17) is 5.11 Å². The standard InChI is InChI=1S/C7H16N2O/c1-7(2,3)6-9-8-4-5-10/h6,8,10H,4-5H2,1-3H3/b9-6+. The first kappa shape index (κ1) is 9.43. The summed E-state index contributed by atoms with van der Waals surface area (Å²) in [5.41, 5.74) is 2.82. The quantitative estimate of drug-likeness (QED) is 0.346. The van der Waals surface area contributed by atoms with Crippen LogP contribution in [0.1, 0.15) is 20.8 Å². The number of rotatable bonds is 3. The van der Waals surface area contributed by atoms with Crippen molar-refractivity contribution in [1.82, 2.24) is 5.43 Å². The van der Waals surface area contributed by atoms with E-state index in [-0.39, 0.29) is 12.0 Å². The molecule has 0 aliphatic heterocycles. The van der Waals surface area contributed by atoms with Gasteiger partial charge in [0, 0.05) is 6.21 Å². The molecule has 0 aliphatic rings. The van der Waals surface area contributed by atoms with Gasteiger partial charge in [0.1, 0.15) is 0 Å². The van der Waals surface area contributed by atoms with Gasteiger partial charge in [-0.1, -0.05) is 20.8 Å². The van der Waals surface area contributed by atoms with E-state index in [1.807, 2.05) is 6.21 Å². The van der Waals surface area contributed by atoms with E-state index >= 15 is 0 Å². The Morgan fingerprint density at radius 1 is 1.50 bits per heavy atom. The molecule has 0 saturated carbocycles. The van der Waals surface area contributed by atoms with E-state index in [0.29, 0.717) is 6.54 Å². The van der Waals surface area contributed by atoms with Crippen LogP contribution in [0.3, 0.4) is 0 Å². The zero-order chi connectivity index (χ0) is 8.04. The fourth-order valence-electron chi connectivity index (χ4n) is 0.354. The summed E-state index contributed by atoms with van der Waals surface area (Å²) in [6, 6.07) is 0. The second-order valence-electron chi connectivity index (χ2n) is 3.26. The maximum atomic E-state index is 8.36. The predicted molar refractivity (Wildman–Crippen MR) is 43.0 cm³/mol. The summed E-state index contributed by atoms with van der Waals surface area (Å²) < 4.78 is 0. The van der Waals surface area contributed by atoms with Crippen molar-refractivity contribution in [2.75, 3.05) is 13.2 Å². The number of aliphatic hydroxyl groups is 1. The van der Waals surface area contributed by atoms with Gasteiger partial charge < -0.3 is 10.5 Å². The van der Waals surface area contributed by atoms with Crippen molar-refractivity contribution in [2.24, 2.45) is 10.5 Å². The first-order chi connectivity index (χ1) is 4.56. The largest absolute Gasteiger partial charge is 0.394 e. The van der Waals surface area contributed by atoms with Gasteiger partial charge in [-0.15, -0.1) is 0 Å². The van der Waals surface area contributed by atoms with E-state index in [1.54, 1.807) is 0 Å². The molecule has 0 aromatic carbocycles. The molecule has 10 heavy (non-hydrogen) atoms. The van der Waals surface area contributed by atoms with E-state index in [0.717, 1.165) is 0 Å². The highest BCUT2D eigenvalue weighted by Gasteiger charge is 2.03. The Hall–Kier alpha value is -0.570. The van der Waals surface area contributed by atoms with Crippen LogP contribution in [0.15, 0.2) is 5.10 Å². The van der Waals surface area contributed by atoms with Crippen molar-refractivity contribution in [3.63, 3.8) is 0 Å². The number of hydrogen-bond acceptors (Lipinski definition) is 3. The molecular formula is C7H16N2O. The second kappa shape index (κ2) is 4.28. The average Bonchev–Trinajstić information content (AvgIpc) is 1.78. The molecule has 0 bridgehead atoms. The van der Waals surface area contributed by atoms with Crippen LogP contribution in [-0.4, -0.2) is 24.5 Å². The molecule has 3 nitrogen and oxygen atoms in total. The molecule has 0 amide bonds. The van der Waals surface area contributed by atoms with Crippen molar-refractivity contribution in [3.8, 4) is 0 Å². The molecule has 0 atom stereocenters. The Kier molecular flexibility index (Phi) is 4.03. The lowest BCUT2D eigenvalue weighted by atomic mass is 9.99. The smallest absolute Gasteiger partial charge is 0.0620 e. The molecule has 3 heteroatoms. The van der Waals surface area contributed by atoms with Gasteiger partial charge in [0.25, 0.3) is 0 Å². The van der Waals surface area contributed by atoms with E-state index in [1.165, 1.54) is 0 Å². The predicted octanol–water partition coefficient (Wildman–Crippen LogP) is 0.600. The highest BCUT2D eigenvalue weighted by atomic mass is 16.3. The van der Waals surface area contributed by atoms with Crippen LogP contribution in [0, 0.1) is 5.41 Å². The highest BCUT2D eigenvalue weighted by molar-refractivity contribution is 5.63. The molecular weight excluding hydrogens is 128 g/mol. The third-order valence-corrected chi connectivity index (χ3v) is 0.767. The van der Waals surface area contributed by atoms with Crippen LogP contribution >= 0.6 is 0 Å². The average molecular weight is 144 g/mol. The molecule has 2 N–H and O–H groups in total. The van der Waals surface area contributed by atoms with Gasteiger partial charge in [0.15, 0.2) is 0 Å². The molecule has 0 radical (unpaired) electrons. The number of hydrogen-bond donors (Lipinski definition) is 2. The highest BCUT2D eigenvalue weighted by Crippen LogP contribution is 2.07. The molecule has 0 rings (SSSR count). The van der Waals surface area contributed by atoms with Gasteiger partial charge in [0.2, 0.25) is 0 Å². The topological polar surface area (TPSA) is 44.6 Å². The molecule has 0 heterocycles. The third kappa shape index (κ3) is 7.43. The van der Waals surface area contributed by atoms with Gasteiger partial charge in [0.05, 0.1) is 13.2 Å². The molecule has 0 saturated heterocycles. The Labute approximate surface area is 62.1 Å². The molecule has 0 spiro atoms. The first-order valence-electron chi connectivity index (χ1n) is 3.44. The Morgan fingerprint density at radius 2 is 2.10 bits per heavy atom. The van der Waals surface area contributed by atoms with Crippen molar-refractivity contribution < 1.29 is 5.11 Å². The summed E-state index contributed by atoms with van der Waals surface area (Å²) in [6.07, 6.45) is 1.82. The second-order valence-corrected chi connectivity index (χ2v) is 3.26. The maximum absolute atomic E-state index is 8.36. The summed E-state index contributed by atoms with van der Waals surface area (Å²) >= 11 is 0. The lowest BCUT2D eigenvalue weighted by Gasteiger charge is -2.09. The van der Waals surface area contributed by atoms with Gasteiger partial charge >= 0.3 is 0 Å². The van der Waals surface area contributed by atoms with Gasteiger partial charge in [-0.3, -0.25) is 0 Å². The lowest BCUT2D eigenvalue weighted by molar-refractivity contribution is 0.293. The van der Waals surface area contributed by atoms with E-state index in [2.05, 4.69) is 31.3 Å². The molecule has 0 aromatic heterocycles. The summed E-state index contributed by atoms with van der Waals surface area (Å²) in [6.45, 7) is 6.85. The Morgan fingerprint density at radius 3 is 2.50 bits per heavy atom. The van der Waals surface area contributed by atoms with Crippen LogP contribution in [0.25, 0.3) is 0 Å². The summed E-state index contributed by atoms with van der Waals surface area (Å²) in [5, 5.41) is 12.3. The van der Waals surface area contributed by atoms with Gasteiger partial charge in [-0.2, -0.15) is 5.10 Å². The zero-order valence-electron chi connectivity index (χ0n) is 6.89. The Bertz CT molecular complexity index is 105. The van der Waals surface area contributed by atoms with Gasteiger partial charge in [-0.05, 0) is 5.41 Å². The summed E-state index contributed by atoms with van der Waals surface area (Å²) in [5.74, 6) is 0. The fraction of sp³-hybridized carbons (Fsp3) is 0.857. The summed E-state index contributed by atoms with van der Waals surface area (Å²) in [7, 11) is 0. The van der Waals surface area contributed by atoms with Crippen molar-refractivity contribution in [3.05, 3.63) is 0 Å². The van der Waals surface area contributed by atoms with E-state index < -0.39 is 0 Å². The minimum Gasteiger partial charge on any atom is -0.394 e. The zero-order valence-corrected chi connectivity index (χ0v) is 6.89. The van der Waals surface area contributed by atoms with Crippen LogP contribution in [-0.2, 0) is 0 Å². The maximum Gasteiger partial charge on any atom is 0.0620 e. The minimum atomic E-state index is 0.114. The molecule has 60 valence electrons. The van der Waals surface area contributed by atoms with Crippen LogP contribution in [0.5, 0.6) is 0 Å². The van der Waals surface area contributed by atoms with Crippen LogP contribution < -0.4 is 5.43 Å². The first-order valence-corrected chi connectivity index (χ1v) is 3.44. The SMILES string of the molecule is CC(C)(C)/C=N/NCCO. The number of hydrazone groups is 1. The monoisotopic (exact) mass is 144 g/mol. The molecule has 0 aliphatic carbocycles. The number of nitrogens with one attached hydrogen (secondary N) is 1. The van der Waals surface area contributed by atoms with Crippen LogP contribution in [0.4, 0.5) is 0 Å². The minimum absolute atomic E-state index is 0.114. The summed E-state index contributed by atoms with van der Waals surface area (Å²) in [4.78, 5) is 0. The number of aliphatic hydroxyl groups excluding tert-OH is 1. The molecule has 0 fully saturated rings. The lowest BCUT2D eigenvalue weighted by Crippen LogP contribution is -2.15. The van der Waals surface area contributed by atoms with Gasteiger partial charge in [-0.25, -0.2) is 0 Å². The molecule has 0 aromatic rings. The number of nitrogens with zero attached hydrogens (tertiary/aromatic N) is 1. The normalized spacial score (nSPS) is 12.4. The molecule has 0 unspecified atom stereocenters. The van der Waals surface area contributed by atoms with Crippen molar-refractivity contribution >= 4 is 6.21 Å². The van der Waals surface area contributed by atoms with Crippen molar-refractivity contribution in [1.29, 1.82) is 0 Å².